The van der Waals surface area contributed by atoms with Crippen LogP contribution in [0.2, 0.25) is 0 Å². The Hall–Kier alpha value is -3.97. The number of carbonyl (C=O) groups excluding carboxylic acids is 1. The van der Waals surface area contributed by atoms with Crippen LogP contribution in [0.4, 0.5) is 0 Å². The molecule has 7 nitrogen and oxygen atoms in total. The molecule has 1 heterocycles. The van der Waals surface area contributed by atoms with Gasteiger partial charge in [-0.25, -0.2) is 10.0 Å². The summed E-state index contributed by atoms with van der Waals surface area (Å²) in [5, 5.41) is 7.22. The van der Waals surface area contributed by atoms with Gasteiger partial charge in [0.15, 0.2) is 5.84 Å². The highest BCUT2D eigenvalue weighted by Gasteiger charge is 2.37. The van der Waals surface area contributed by atoms with Crippen molar-refractivity contribution in [2.75, 3.05) is 27.7 Å². The SMILES string of the molecule is C=C/N=C1\C(=C(C)C)C(c2ccc(Oc3ccccc3)cc2)=NN1C1CCC(N(C)C(=O)/C=C/CN(C)C)CC1. The first-order valence-corrected chi connectivity index (χ1v) is 13.9. The van der Waals surface area contributed by atoms with Crippen molar-refractivity contribution in [3.8, 4) is 11.5 Å². The highest BCUT2D eigenvalue weighted by atomic mass is 16.5. The smallest absolute Gasteiger partial charge is 0.246 e. The van der Waals surface area contributed by atoms with E-state index in [4.69, 9.17) is 14.8 Å². The van der Waals surface area contributed by atoms with Crippen LogP contribution in [-0.2, 0) is 4.79 Å². The van der Waals surface area contributed by atoms with Crippen molar-refractivity contribution in [3.63, 3.8) is 0 Å². The summed E-state index contributed by atoms with van der Waals surface area (Å²) in [6.07, 6.45) is 8.91. The molecule has 1 aliphatic carbocycles. The van der Waals surface area contributed by atoms with Crippen LogP contribution in [0, 0.1) is 0 Å². The molecule has 0 atom stereocenters. The molecule has 1 fully saturated rings. The number of carbonyl (C=O) groups is 1. The zero-order valence-electron chi connectivity index (χ0n) is 24.4. The Kier molecular flexibility index (Phi) is 9.72. The lowest BCUT2D eigenvalue weighted by Crippen LogP contribution is -2.43. The van der Waals surface area contributed by atoms with Gasteiger partial charge < -0.3 is 14.5 Å². The lowest BCUT2D eigenvalue weighted by atomic mass is 9.89. The summed E-state index contributed by atoms with van der Waals surface area (Å²) in [5.41, 5.74) is 4.11. The molecule has 0 unspecified atom stereocenters. The first kappa shape index (κ1) is 29.0. The second-order valence-electron chi connectivity index (χ2n) is 10.8. The molecule has 1 amide bonds. The number of rotatable bonds is 9. The highest BCUT2D eigenvalue weighted by Crippen LogP contribution is 2.33. The molecule has 1 saturated carbocycles. The van der Waals surface area contributed by atoms with Gasteiger partial charge in [-0.05, 0) is 90.0 Å². The van der Waals surface area contributed by atoms with Crippen molar-refractivity contribution < 1.29 is 9.53 Å². The molecule has 0 aromatic heterocycles. The van der Waals surface area contributed by atoms with E-state index in [0.29, 0.717) is 0 Å². The minimum Gasteiger partial charge on any atom is -0.457 e. The maximum atomic E-state index is 12.7. The van der Waals surface area contributed by atoms with Gasteiger partial charge in [-0.3, -0.25) is 4.79 Å². The second-order valence-corrected chi connectivity index (χ2v) is 10.8. The molecule has 2 aliphatic rings. The minimum atomic E-state index is 0.0622. The number of ether oxygens (including phenoxy) is 1. The van der Waals surface area contributed by atoms with Crippen molar-refractivity contribution >= 4 is 17.5 Å². The number of hydrazone groups is 1. The van der Waals surface area contributed by atoms with Crippen molar-refractivity contribution in [2.45, 2.75) is 51.6 Å². The molecule has 0 spiro atoms. The second kappa shape index (κ2) is 13.4. The molecular weight excluding hydrogens is 498 g/mol. The fourth-order valence-corrected chi connectivity index (χ4v) is 5.21. The fourth-order valence-electron chi connectivity index (χ4n) is 5.21. The van der Waals surface area contributed by atoms with Gasteiger partial charge in [0.2, 0.25) is 5.91 Å². The maximum absolute atomic E-state index is 12.7. The third-order valence-corrected chi connectivity index (χ3v) is 7.34. The third kappa shape index (κ3) is 6.96. The van der Waals surface area contributed by atoms with E-state index >= 15 is 0 Å². The van der Waals surface area contributed by atoms with E-state index < -0.39 is 0 Å². The Morgan fingerprint density at radius 1 is 1.02 bits per heavy atom. The minimum absolute atomic E-state index is 0.0622. The van der Waals surface area contributed by atoms with E-state index in [1.165, 1.54) is 0 Å². The van der Waals surface area contributed by atoms with E-state index in [9.17, 15) is 4.79 Å². The molecule has 2 aromatic rings. The number of hydrogen-bond donors (Lipinski definition) is 0. The number of benzene rings is 2. The molecule has 0 N–H and O–H groups in total. The number of nitrogens with zero attached hydrogens (tertiary/aromatic N) is 5. The summed E-state index contributed by atoms with van der Waals surface area (Å²) < 4.78 is 5.99. The normalized spacial score (nSPS) is 20.2. The topological polar surface area (TPSA) is 60.7 Å². The molecule has 40 heavy (non-hydrogen) atoms. The Morgan fingerprint density at radius 2 is 1.68 bits per heavy atom. The average Bonchev–Trinajstić information content (AvgIpc) is 3.33. The maximum Gasteiger partial charge on any atom is 0.246 e. The number of amidine groups is 1. The van der Waals surface area contributed by atoms with Crippen molar-refractivity contribution in [1.82, 2.24) is 14.8 Å². The summed E-state index contributed by atoms with van der Waals surface area (Å²) in [6.45, 7) is 8.83. The average molecular weight is 540 g/mol. The summed E-state index contributed by atoms with van der Waals surface area (Å²) in [4.78, 5) is 21.3. The van der Waals surface area contributed by atoms with Crippen LogP contribution in [0.5, 0.6) is 11.5 Å². The van der Waals surface area contributed by atoms with Crippen LogP contribution in [0.15, 0.2) is 101 Å². The van der Waals surface area contributed by atoms with Crippen molar-refractivity contribution in [2.24, 2.45) is 10.1 Å². The zero-order valence-corrected chi connectivity index (χ0v) is 24.4. The van der Waals surface area contributed by atoms with Crippen LogP contribution in [-0.4, -0.2) is 72.0 Å². The molecule has 4 rings (SSSR count). The number of aliphatic imine (C=N–C) groups is 1. The van der Waals surface area contributed by atoms with Crippen LogP contribution in [0.3, 0.4) is 0 Å². The van der Waals surface area contributed by atoms with E-state index in [2.05, 4.69) is 37.6 Å². The number of para-hydroxylation sites is 1. The predicted octanol–water partition coefficient (Wildman–Crippen LogP) is 6.26. The summed E-state index contributed by atoms with van der Waals surface area (Å²) in [6, 6.07) is 18.3. The molecule has 1 aliphatic heterocycles. The Balaban J connectivity index is 1.50. The largest absolute Gasteiger partial charge is 0.457 e. The monoisotopic (exact) mass is 539 g/mol. The predicted molar refractivity (Wildman–Crippen MR) is 164 cm³/mol. The van der Waals surface area contributed by atoms with Gasteiger partial charge in [0, 0.05) is 43.0 Å². The molecule has 0 saturated heterocycles. The zero-order chi connectivity index (χ0) is 28.6. The first-order chi connectivity index (χ1) is 19.3. The standard InChI is InChI=1S/C33H41N5O2/c1-7-34-33-31(24(2)3)32(25-15-21-29(22-16-25)40-28-12-9-8-10-13-28)35-38(33)27-19-17-26(18-20-27)37(6)30(39)14-11-23-36(4)5/h7-16,21-22,26-27H,1,17-20,23H2,2-6H3/b14-11+,34-33+. The van der Waals surface area contributed by atoms with Gasteiger partial charge in [0.05, 0.1) is 6.04 Å². The van der Waals surface area contributed by atoms with E-state index in [-0.39, 0.29) is 18.0 Å². The first-order valence-electron chi connectivity index (χ1n) is 13.9. The quantitative estimate of drug-likeness (QED) is 0.353. The van der Waals surface area contributed by atoms with Crippen molar-refractivity contribution in [3.05, 3.63) is 96.2 Å². The Morgan fingerprint density at radius 3 is 2.27 bits per heavy atom. The van der Waals surface area contributed by atoms with E-state index in [1.54, 1.807) is 12.3 Å². The molecule has 210 valence electrons. The van der Waals surface area contributed by atoms with Crippen LogP contribution >= 0.6 is 0 Å². The van der Waals surface area contributed by atoms with Gasteiger partial charge >= 0.3 is 0 Å². The summed E-state index contributed by atoms with van der Waals surface area (Å²) in [7, 11) is 5.90. The lowest BCUT2D eigenvalue weighted by Gasteiger charge is -2.37. The lowest BCUT2D eigenvalue weighted by molar-refractivity contribution is -0.127. The molecule has 7 heteroatoms. The Labute approximate surface area is 238 Å². The number of amides is 1. The van der Waals surface area contributed by atoms with Crippen LogP contribution in [0.25, 0.3) is 0 Å². The number of hydrogen-bond acceptors (Lipinski definition) is 5. The van der Waals surface area contributed by atoms with Crippen LogP contribution < -0.4 is 4.74 Å². The van der Waals surface area contributed by atoms with Crippen molar-refractivity contribution in [1.29, 1.82) is 0 Å². The fraction of sp³-hybridized carbons (Fsp3) is 0.364. The van der Waals surface area contributed by atoms with Gasteiger partial charge in [-0.1, -0.05) is 36.4 Å². The van der Waals surface area contributed by atoms with Crippen LogP contribution in [0.1, 0.15) is 45.1 Å². The molecule has 0 bridgehead atoms. The van der Waals surface area contributed by atoms with E-state index in [0.717, 1.165) is 72.0 Å². The molecule has 0 radical (unpaired) electrons. The highest BCUT2D eigenvalue weighted by molar-refractivity contribution is 6.32. The number of allylic oxidation sites excluding steroid dienone is 1. The van der Waals surface area contributed by atoms with Gasteiger partial charge in [-0.2, -0.15) is 5.10 Å². The van der Waals surface area contributed by atoms with Gasteiger partial charge in [-0.15, -0.1) is 0 Å². The van der Waals surface area contributed by atoms with E-state index in [1.807, 2.05) is 79.5 Å². The molecular formula is C33H41N5O2. The summed E-state index contributed by atoms with van der Waals surface area (Å²) >= 11 is 0. The summed E-state index contributed by atoms with van der Waals surface area (Å²) in [5.74, 6) is 2.48. The number of likely N-dealkylation sites (N-methyl/N-ethyl adjacent to an activating group) is 2. The van der Waals surface area contributed by atoms with Gasteiger partial charge in [0.25, 0.3) is 0 Å². The third-order valence-electron chi connectivity index (χ3n) is 7.34. The van der Waals surface area contributed by atoms with Gasteiger partial charge in [0.1, 0.15) is 17.2 Å². The molecule has 2 aromatic carbocycles. The Bertz CT molecular complexity index is 1300.